The van der Waals surface area contributed by atoms with Crippen LogP contribution in [0.4, 0.5) is 0 Å². The minimum absolute atomic E-state index is 0.0471. The summed E-state index contributed by atoms with van der Waals surface area (Å²) in [6, 6.07) is 31.5. The summed E-state index contributed by atoms with van der Waals surface area (Å²) in [4.78, 5) is 44.3. The number of esters is 2. The molecule has 69 heavy (non-hydrogen) atoms. The van der Waals surface area contributed by atoms with Gasteiger partial charge >= 0.3 is 17.6 Å². The van der Waals surface area contributed by atoms with E-state index < -0.39 is 54.7 Å². The summed E-state index contributed by atoms with van der Waals surface area (Å²) in [5.41, 5.74) is 6.11. The average molecular weight is 939 g/mol. The fourth-order valence-corrected chi connectivity index (χ4v) is 12.2. The van der Waals surface area contributed by atoms with Gasteiger partial charge < -0.3 is 38.7 Å². The van der Waals surface area contributed by atoms with Crippen LogP contribution >= 0.6 is 0 Å². The highest BCUT2D eigenvalue weighted by Gasteiger charge is 2.57. The number of ether oxygens (including phenoxy) is 4. The summed E-state index contributed by atoms with van der Waals surface area (Å²) in [5.74, 6) is -1.23. The maximum atomic E-state index is 15.2. The summed E-state index contributed by atoms with van der Waals surface area (Å²) in [5, 5.41) is 30.9. The first kappa shape index (κ1) is 48.4. The Morgan fingerprint density at radius 1 is 0.826 bits per heavy atom. The first-order valence-corrected chi connectivity index (χ1v) is 25.0. The molecule has 11 heteroatoms. The van der Waals surface area contributed by atoms with E-state index in [0.717, 1.165) is 62.5 Å². The van der Waals surface area contributed by atoms with Crippen molar-refractivity contribution in [3.8, 4) is 5.75 Å². The van der Waals surface area contributed by atoms with Crippen molar-refractivity contribution in [3.63, 3.8) is 0 Å². The van der Waals surface area contributed by atoms with Gasteiger partial charge in [-0.25, -0.2) is 9.59 Å². The number of hydrogen-bond donors (Lipinski definition) is 3. The van der Waals surface area contributed by atoms with Crippen LogP contribution < -0.4 is 10.4 Å². The number of allylic oxidation sites excluding steroid dienone is 1. The molecule has 7 atom stereocenters. The molecular weight excluding hydrogens is 873 g/mol. The highest BCUT2D eigenvalue weighted by atomic mass is 16.6. The smallest absolute Gasteiger partial charge is 0.340 e. The molecule has 4 heterocycles. The van der Waals surface area contributed by atoms with Crippen molar-refractivity contribution in [1.29, 1.82) is 0 Å². The van der Waals surface area contributed by atoms with Crippen LogP contribution in [-0.2, 0) is 43.2 Å². The number of aliphatic hydroxyl groups excluding tert-OH is 3. The lowest BCUT2D eigenvalue weighted by Crippen LogP contribution is -2.58. The molecule has 11 nitrogen and oxygen atoms in total. The minimum atomic E-state index is -1.26. The molecule has 5 aliphatic rings. The van der Waals surface area contributed by atoms with E-state index in [4.69, 9.17) is 23.4 Å². The number of carbonyl (C=O) groups is 2. The van der Waals surface area contributed by atoms with E-state index in [2.05, 4.69) is 72.8 Å². The Kier molecular flexibility index (Phi) is 14.9. The lowest BCUT2D eigenvalue weighted by atomic mass is 9.68. The molecule has 0 amide bonds. The first-order chi connectivity index (χ1) is 33.5. The molecule has 3 aliphatic heterocycles. The largest absolute Gasteiger partial charge is 0.483 e. The van der Waals surface area contributed by atoms with Crippen molar-refractivity contribution in [1.82, 2.24) is 0 Å². The highest BCUT2D eigenvalue weighted by molar-refractivity contribution is 5.90. The van der Waals surface area contributed by atoms with Crippen LogP contribution in [0.3, 0.4) is 0 Å². The number of aryl methyl sites for hydroxylation is 1. The van der Waals surface area contributed by atoms with E-state index in [9.17, 15) is 24.9 Å². The standard InChI is InChI=1S/C58H66O11/c1-35(2)45-22-18-36-16-19-39(20-17-36)46-23-21-41(40-13-9-12-38(29-40)28-37-10-5-4-6-11-37)30-43(46)31-50(62)66-54-52-49(69-58(3,44-14-7-8-15-44)55(54)68-56(45)63)25-24-47-48(32-60)51(57(64)67-53(47)52)42(26-27-59)33-65-34-61/h4-6,9-13,16-17,19-20,24-25,29,41-44,46,54-55,59-61H,7-8,14-15,18,21-23,26-28,30-34H2,1-3H3/t41-,42+,43-,46+,54+,55-,58-/m0/s1. The lowest BCUT2D eigenvalue weighted by molar-refractivity contribution is -0.199. The lowest BCUT2D eigenvalue weighted by Gasteiger charge is -2.48. The topological polar surface area (TPSA) is 162 Å². The van der Waals surface area contributed by atoms with Gasteiger partial charge in [0.25, 0.3) is 0 Å². The van der Waals surface area contributed by atoms with E-state index in [1.807, 2.05) is 26.8 Å². The molecule has 2 fully saturated rings. The van der Waals surface area contributed by atoms with Gasteiger partial charge in [-0.1, -0.05) is 97.3 Å². The van der Waals surface area contributed by atoms with Crippen LogP contribution in [0.15, 0.2) is 111 Å². The van der Waals surface area contributed by atoms with Crippen molar-refractivity contribution in [3.05, 3.63) is 157 Å². The molecule has 0 radical (unpaired) electrons. The second kappa shape index (κ2) is 21.2. The van der Waals surface area contributed by atoms with Gasteiger partial charge in [0.2, 0.25) is 0 Å². The molecule has 0 unspecified atom stereocenters. The minimum Gasteiger partial charge on any atom is -0.483 e. The van der Waals surface area contributed by atoms with Gasteiger partial charge in [0.15, 0.2) is 12.2 Å². The number of aliphatic hydroxyl groups is 3. The van der Waals surface area contributed by atoms with Crippen molar-refractivity contribution >= 4 is 22.9 Å². The molecule has 2 bridgehead atoms. The zero-order chi connectivity index (χ0) is 48.2. The Hall–Kier alpha value is -5.59. The second-order valence-electron chi connectivity index (χ2n) is 20.2. The molecule has 5 aromatic rings. The number of rotatable bonds is 11. The third-order valence-corrected chi connectivity index (χ3v) is 15.8. The molecule has 3 N–H and O–H groups in total. The third kappa shape index (κ3) is 10.1. The average Bonchev–Trinajstić information content (AvgIpc) is 3.90. The number of carbonyl (C=O) groups excluding carboxylic acids is 2. The predicted octanol–water partition coefficient (Wildman–Crippen LogP) is 10.2. The zero-order valence-corrected chi connectivity index (χ0v) is 40.1. The molecule has 10 rings (SSSR count). The van der Waals surface area contributed by atoms with E-state index in [1.54, 1.807) is 12.1 Å². The molecule has 0 saturated heterocycles. The fourth-order valence-electron chi connectivity index (χ4n) is 12.2. The Labute approximate surface area is 404 Å². The molecule has 0 spiro atoms. The van der Waals surface area contributed by atoms with Gasteiger partial charge in [0.1, 0.15) is 23.7 Å². The van der Waals surface area contributed by atoms with Crippen LogP contribution in [0.5, 0.6) is 5.75 Å². The summed E-state index contributed by atoms with van der Waals surface area (Å²) in [6.07, 6.45) is 5.82. The molecule has 4 aromatic carbocycles. The first-order valence-electron chi connectivity index (χ1n) is 25.0. The Balaban J connectivity index is 1.16. The Bertz CT molecular complexity index is 2710. The van der Waals surface area contributed by atoms with E-state index >= 15 is 4.79 Å². The molecule has 1 aromatic heterocycles. The van der Waals surface area contributed by atoms with Crippen LogP contribution in [0.2, 0.25) is 0 Å². The van der Waals surface area contributed by atoms with Crippen molar-refractivity contribution < 1.29 is 48.3 Å². The van der Waals surface area contributed by atoms with Gasteiger partial charge in [0, 0.05) is 41.4 Å². The predicted molar refractivity (Wildman–Crippen MR) is 262 cm³/mol. The second-order valence-corrected chi connectivity index (χ2v) is 20.2. The summed E-state index contributed by atoms with van der Waals surface area (Å²) in [6.45, 7) is 4.20. The zero-order valence-electron chi connectivity index (χ0n) is 40.1. The van der Waals surface area contributed by atoms with E-state index in [0.29, 0.717) is 29.6 Å². The van der Waals surface area contributed by atoms with Crippen LogP contribution in [0.1, 0.15) is 153 Å². The van der Waals surface area contributed by atoms with Crippen molar-refractivity contribution in [2.75, 3.05) is 20.0 Å². The summed E-state index contributed by atoms with van der Waals surface area (Å²) < 4.78 is 32.3. The van der Waals surface area contributed by atoms with Gasteiger partial charge in [0.05, 0.1) is 18.8 Å². The monoisotopic (exact) mass is 938 g/mol. The molecular formula is C58H66O11. The number of benzene rings is 4. The van der Waals surface area contributed by atoms with Gasteiger partial charge in [-0.3, -0.25) is 4.79 Å². The van der Waals surface area contributed by atoms with Crippen LogP contribution in [-0.4, -0.2) is 59.0 Å². The highest BCUT2D eigenvalue weighted by Crippen LogP contribution is 2.53. The Morgan fingerprint density at radius 3 is 2.32 bits per heavy atom. The Morgan fingerprint density at radius 2 is 1.59 bits per heavy atom. The molecule has 2 aliphatic carbocycles. The molecule has 2 saturated carbocycles. The van der Waals surface area contributed by atoms with Gasteiger partial charge in [-0.05, 0) is 142 Å². The summed E-state index contributed by atoms with van der Waals surface area (Å²) in [7, 11) is 0. The normalized spacial score (nSPS) is 24.7. The molecule has 364 valence electrons. The van der Waals surface area contributed by atoms with Gasteiger partial charge in [-0.2, -0.15) is 0 Å². The number of hydrogen-bond acceptors (Lipinski definition) is 11. The summed E-state index contributed by atoms with van der Waals surface area (Å²) >= 11 is 0. The number of fused-ring (bicyclic) bond motifs is 11. The van der Waals surface area contributed by atoms with Gasteiger partial charge in [-0.15, -0.1) is 0 Å². The fraction of sp³-hybridized carbons (Fsp3) is 0.466. The van der Waals surface area contributed by atoms with E-state index in [-0.39, 0.29) is 72.0 Å². The maximum Gasteiger partial charge on any atom is 0.340 e. The van der Waals surface area contributed by atoms with Crippen molar-refractivity contribution in [2.45, 2.75) is 140 Å². The van der Waals surface area contributed by atoms with Crippen LogP contribution in [0.25, 0.3) is 11.0 Å². The quantitative estimate of drug-likeness (QED) is 0.0500. The van der Waals surface area contributed by atoms with E-state index in [1.165, 1.54) is 22.3 Å². The van der Waals surface area contributed by atoms with Crippen LogP contribution in [0, 0.1) is 11.8 Å². The van der Waals surface area contributed by atoms with Crippen molar-refractivity contribution in [2.24, 2.45) is 11.8 Å². The third-order valence-electron chi connectivity index (χ3n) is 15.8. The maximum absolute atomic E-state index is 15.2. The SMILES string of the molecule is CC(C)=C1CCc2ccc(cc2)[C@H]2CC[C@H](c3cccc(Cc4ccccc4)c3)C[C@H]2CC(=O)O[C@@H]2c3c(ccc4c(CO)c([C@H](CCO)COCO)c(=O)oc34)O[C@@](C)(C3CCCC3)[C@H]2OC1=O.